The summed E-state index contributed by atoms with van der Waals surface area (Å²) in [6, 6.07) is 8.94. The van der Waals surface area contributed by atoms with Crippen LogP contribution in [-0.2, 0) is 6.54 Å². The topological polar surface area (TPSA) is 21.3 Å². The van der Waals surface area contributed by atoms with E-state index in [1.807, 2.05) is 13.8 Å². The zero-order chi connectivity index (χ0) is 15.4. The van der Waals surface area contributed by atoms with Crippen LogP contribution in [0.15, 0.2) is 36.4 Å². The highest BCUT2D eigenvalue weighted by Crippen LogP contribution is 2.28. The molecule has 5 heteroatoms. The molecular formula is C16H16ClF2NO. The molecule has 0 aromatic heterocycles. The van der Waals surface area contributed by atoms with Crippen LogP contribution in [0, 0.1) is 11.6 Å². The van der Waals surface area contributed by atoms with Gasteiger partial charge in [0, 0.05) is 17.8 Å². The molecule has 0 amide bonds. The summed E-state index contributed by atoms with van der Waals surface area (Å²) in [6.07, 6.45) is 0.0221. The summed E-state index contributed by atoms with van der Waals surface area (Å²) in [5, 5.41) is 3.39. The first kappa shape index (κ1) is 15.6. The molecule has 2 aromatic rings. The maximum absolute atomic E-state index is 13.5. The third kappa shape index (κ3) is 4.08. The van der Waals surface area contributed by atoms with Gasteiger partial charge in [0.15, 0.2) is 0 Å². The quantitative estimate of drug-likeness (QED) is 0.837. The lowest BCUT2D eigenvalue weighted by molar-refractivity contribution is 0.242. The fraction of sp³-hybridized carbons (Fsp3) is 0.250. The van der Waals surface area contributed by atoms with Crippen molar-refractivity contribution in [2.45, 2.75) is 26.5 Å². The molecule has 112 valence electrons. The summed E-state index contributed by atoms with van der Waals surface area (Å²) in [7, 11) is 0. The van der Waals surface area contributed by atoms with Crippen molar-refractivity contribution in [3.63, 3.8) is 0 Å². The Hall–Kier alpha value is -1.81. The average Bonchev–Trinajstić information content (AvgIpc) is 2.41. The van der Waals surface area contributed by atoms with Crippen LogP contribution in [0.25, 0.3) is 0 Å². The van der Waals surface area contributed by atoms with Gasteiger partial charge in [-0.1, -0.05) is 17.7 Å². The highest BCUT2D eigenvalue weighted by molar-refractivity contribution is 6.32. The van der Waals surface area contributed by atoms with E-state index in [0.29, 0.717) is 16.5 Å². The molecule has 0 atom stereocenters. The van der Waals surface area contributed by atoms with E-state index in [1.165, 1.54) is 18.2 Å². The van der Waals surface area contributed by atoms with Gasteiger partial charge in [0.05, 0.1) is 11.1 Å². The predicted octanol–water partition coefficient (Wildman–Crippen LogP) is 5.02. The predicted molar refractivity (Wildman–Crippen MR) is 80.9 cm³/mol. The summed E-state index contributed by atoms with van der Waals surface area (Å²) in [4.78, 5) is 0. The van der Waals surface area contributed by atoms with Crippen LogP contribution in [0.5, 0.6) is 5.75 Å². The Bertz CT molecular complexity index is 611. The first-order chi connectivity index (χ1) is 9.97. The number of halogens is 3. The molecule has 2 nitrogen and oxygen atoms in total. The number of hydrogen-bond donors (Lipinski definition) is 1. The lowest BCUT2D eigenvalue weighted by Crippen LogP contribution is -2.07. The molecule has 0 radical (unpaired) electrons. The van der Waals surface area contributed by atoms with Crippen LogP contribution in [-0.4, -0.2) is 6.10 Å². The highest BCUT2D eigenvalue weighted by Gasteiger charge is 2.09. The van der Waals surface area contributed by atoms with E-state index >= 15 is 0 Å². The normalized spacial score (nSPS) is 10.8. The van der Waals surface area contributed by atoms with Crippen molar-refractivity contribution in [3.05, 3.63) is 58.6 Å². The first-order valence-corrected chi connectivity index (χ1v) is 6.98. The molecule has 0 unspecified atom stereocenters. The Balaban J connectivity index is 2.09. The van der Waals surface area contributed by atoms with Crippen LogP contribution in [0.2, 0.25) is 5.02 Å². The van der Waals surface area contributed by atoms with Gasteiger partial charge in [-0.25, -0.2) is 8.78 Å². The van der Waals surface area contributed by atoms with Crippen LogP contribution in [0.3, 0.4) is 0 Å². The minimum absolute atomic E-state index is 0.00358. The second kappa shape index (κ2) is 6.76. The van der Waals surface area contributed by atoms with Crippen LogP contribution in [0.1, 0.15) is 19.4 Å². The minimum atomic E-state index is -0.576. The highest BCUT2D eigenvalue weighted by atomic mass is 35.5. The number of nitrogens with one attached hydrogen (secondary N) is 1. The maximum Gasteiger partial charge on any atom is 0.138 e. The second-order valence-electron chi connectivity index (χ2n) is 4.87. The molecule has 2 rings (SSSR count). The van der Waals surface area contributed by atoms with E-state index in [4.69, 9.17) is 16.3 Å². The van der Waals surface area contributed by atoms with Crippen LogP contribution in [0.4, 0.5) is 14.5 Å². The molecule has 0 fully saturated rings. The van der Waals surface area contributed by atoms with E-state index in [1.54, 1.807) is 18.2 Å². The largest absolute Gasteiger partial charge is 0.489 e. The monoisotopic (exact) mass is 311 g/mol. The van der Waals surface area contributed by atoms with Crippen molar-refractivity contribution < 1.29 is 13.5 Å². The number of anilines is 1. The Morgan fingerprint density at radius 2 is 1.81 bits per heavy atom. The Morgan fingerprint density at radius 3 is 2.38 bits per heavy atom. The van der Waals surface area contributed by atoms with Gasteiger partial charge in [-0.3, -0.25) is 0 Å². The minimum Gasteiger partial charge on any atom is -0.489 e. The first-order valence-electron chi connectivity index (χ1n) is 6.60. The smallest absolute Gasteiger partial charge is 0.138 e. The number of hydrogen-bond acceptors (Lipinski definition) is 2. The van der Waals surface area contributed by atoms with Crippen molar-refractivity contribution in [2.24, 2.45) is 0 Å². The van der Waals surface area contributed by atoms with Gasteiger partial charge in [0.1, 0.15) is 17.4 Å². The van der Waals surface area contributed by atoms with E-state index in [9.17, 15) is 8.78 Å². The summed E-state index contributed by atoms with van der Waals surface area (Å²) >= 11 is 6.10. The second-order valence-corrected chi connectivity index (χ2v) is 5.27. The molecule has 0 aliphatic rings. The van der Waals surface area contributed by atoms with Gasteiger partial charge in [-0.2, -0.15) is 0 Å². The number of ether oxygens (including phenoxy) is 1. The summed E-state index contributed by atoms with van der Waals surface area (Å²) in [6.45, 7) is 3.85. The van der Waals surface area contributed by atoms with Crippen molar-refractivity contribution in [1.29, 1.82) is 0 Å². The molecule has 1 N–H and O–H groups in total. The van der Waals surface area contributed by atoms with Gasteiger partial charge < -0.3 is 10.1 Å². The van der Waals surface area contributed by atoms with Gasteiger partial charge in [0.2, 0.25) is 0 Å². The fourth-order valence-electron chi connectivity index (χ4n) is 1.85. The molecule has 0 aliphatic heterocycles. The maximum atomic E-state index is 13.5. The van der Waals surface area contributed by atoms with Crippen molar-refractivity contribution >= 4 is 17.3 Å². The van der Waals surface area contributed by atoms with E-state index in [2.05, 4.69) is 5.32 Å². The Labute approximate surface area is 127 Å². The molecule has 0 saturated carbocycles. The van der Waals surface area contributed by atoms with Gasteiger partial charge >= 0.3 is 0 Å². The number of rotatable bonds is 5. The third-order valence-electron chi connectivity index (χ3n) is 2.83. The number of benzene rings is 2. The van der Waals surface area contributed by atoms with Crippen molar-refractivity contribution in [3.8, 4) is 5.75 Å². The Morgan fingerprint density at radius 1 is 1.14 bits per heavy atom. The van der Waals surface area contributed by atoms with Crippen LogP contribution < -0.4 is 10.1 Å². The zero-order valence-electron chi connectivity index (χ0n) is 11.8. The molecule has 0 saturated heterocycles. The summed E-state index contributed by atoms with van der Waals surface area (Å²) in [5.41, 5.74) is 0.662. The fourth-order valence-corrected chi connectivity index (χ4v) is 2.08. The van der Waals surface area contributed by atoms with Crippen molar-refractivity contribution in [1.82, 2.24) is 0 Å². The molecule has 0 aliphatic carbocycles. The van der Waals surface area contributed by atoms with Gasteiger partial charge in [-0.05, 0) is 44.2 Å². The molecule has 0 spiro atoms. The zero-order valence-corrected chi connectivity index (χ0v) is 12.5. The lowest BCUT2D eigenvalue weighted by Gasteiger charge is -2.13. The summed E-state index contributed by atoms with van der Waals surface area (Å²) in [5.74, 6) is -0.573. The molecule has 0 heterocycles. The van der Waals surface area contributed by atoms with E-state index < -0.39 is 11.6 Å². The standard InChI is InChI=1S/C16H16ClF2NO/c1-10(2)21-16-7-6-11(8-13(16)17)20-9-12-14(18)4-3-5-15(12)19/h3-8,10,20H,9H2,1-2H3. The average molecular weight is 312 g/mol. The molecule has 21 heavy (non-hydrogen) atoms. The van der Waals surface area contributed by atoms with E-state index in [-0.39, 0.29) is 18.2 Å². The third-order valence-corrected chi connectivity index (χ3v) is 3.12. The summed E-state index contributed by atoms with van der Waals surface area (Å²) < 4.78 is 32.5. The van der Waals surface area contributed by atoms with E-state index in [0.717, 1.165) is 0 Å². The SMILES string of the molecule is CC(C)Oc1ccc(NCc2c(F)cccc2F)cc1Cl. The lowest BCUT2D eigenvalue weighted by atomic mass is 10.2. The molecule has 0 bridgehead atoms. The van der Waals surface area contributed by atoms with Crippen LogP contribution >= 0.6 is 11.6 Å². The molecule has 2 aromatic carbocycles. The molecular weight excluding hydrogens is 296 g/mol. The van der Waals surface area contributed by atoms with Gasteiger partial charge in [0.25, 0.3) is 0 Å². The Kier molecular flexibility index (Phi) is 5.02. The van der Waals surface area contributed by atoms with Gasteiger partial charge in [-0.15, -0.1) is 0 Å². The van der Waals surface area contributed by atoms with Crippen molar-refractivity contribution in [2.75, 3.05) is 5.32 Å².